The number of aromatic nitrogens is 4. The number of aromatic hydroxyl groups is 1. The molecule has 3 N–H and O–H groups in total. The number of anilines is 3. The van der Waals surface area contributed by atoms with E-state index in [1.165, 1.54) is 12.8 Å². The average Bonchev–Trinajstić information content (AvgIpc) is 3.32. The maximum absolute atomic E-state index is 13.4. The van der Waals surface area contributed by atoms with Crippen molar-refractivity contribution in [3.63, 3.8) is 0 Å². The van der Waals surface area contributed by atoms with E-state index in [2.05, 4.69) is 36.7 Å². The molecule has 0 saturated heterocycles. The summed E-state index contributed by atoms with van der Waals surface area (Å²) in [6, 6.07) is 11.1. The zero-order valence-corrected chi connectivity index (χ0v) is 19.5. The van der Waals surface area contributed by atoms with Crippen molar-refractivity contribution in [3.8, 4) is 5.75 Å². The first-order chi connectivity index (χ1) is 16.5. The maximum Gasteiger partial charge on any atom is 0.286 e. The summed E-state index contributed by atoms with van der Waals surface area (Å²) < 4.78 is 4.35. The molecule has 0 bridgehead atoms. The molecule has 0 radical (unpaired) electrons. The number of halogens is 1. The van der Waals surface area contributed by atoms with E-state index in [0.29, 0.717) is 34.9 Å². The first-order valence-electron chi connectivity index (χ1n) is 11.6. The lowest BCUT2D eigenvalue weighted by atomic mass is 9.91. The lowest BCUT2D eigenvalue weighted by Crippen LogP contribution is -2.26. The Kier molecular flexibility index (Phi) is 4.99. The summed E-state index contributed by atoms with van der Waals surface area (Å²) in [5.41, 5.74) is 3.38. The van der Waals surface area contributed by atoms with Crippen LogP contribution >= 0.6 is 11.6 Å². The van der Waals surface area contributed by atoms with Crippen LogP contribution in [0.15, 0.2) is 47.4 Å². The zero-order valence-electron chi connectivity index (χ0n) is 18.8. The zero-order chi connectivity index (χ0) is 23.4. The van der Waals surface area contributed by atoms with E-state index >= 15 is 0 Å². The van der Waals surface area contributed by atoms with Gasteiger partial charge in [0.25, 0.3) is 5.56 Å². The van der Waals surface area contributed by atoms with Crippen LogP contribution in [0.1, 0.15) is 43.0 Å². The summed E-state index contributed by atoms with van der Waals surface area (Å²) >= 11 is 6.00. The van der Waals surface area contributed by atoms with Crippen LogP contribution in [0.3, 0.4) is 0 Å². The number of pyridine rings is 1. The third kappa shape index (κ3) is 3.40. The topological polar surface area (TPSA) is 97.0 Å². The molecule has 6 rings (SSSR count). The average molecular weight is 477 g/mol. The molecule has 2 unspecified atom stereocenters. The molecule has 0 amide bonds. The fourth-order valence-corrected chi connectivity index (χ4v) is 5.52. The van der Waals surface area contributed by atoms with Crippen molar-refractivity contribution in [1.82, 2.24) is 19.1 Å². The SMILES string of the molecule is Cc1c2c(c(Nc3ccc(O)cc3)n1Cc1ccc(Cl)nc1)c(=O)nc1n2C2CCCCC2N1. The second-order valence-electron chi connectivity index (χ2n) is 9.12. The smallest absolute Gasteiger partial charge is 0.286 e. The van der Waals surface area contributed by atoms with E-state index in [1.54, 1.807) is 36.5 Å². The molecule has 9 heteroatoms. The van der Waals surface area contributed by atoms with Crippen molar-refractivity contribution in [3.05, 3.63) is 69.4 Å². The molecule has 2 atom stereocenters. The number of phenolic OH excluding ortho intramolecular Hbond substituents is 1. The van der Waals surface area contributed by atoms with Crippen LogP contribution in [0, 0.1) is 6.92 Å². The molecule has 1 saturated carbocycles. The van der Waals surface area contributed by atoms with E-state index in [4.69, 9.17) is 11.6 Å². The number of fused-ring (bicyclic) bond motifs is 5. The minimum Gasteiger partial charge on any atom is -0.508 e. The molecule has 4 heterocycles. The highest BCUT2D eigenvalue weighted by atomic mass is 35.5. The highest BCUT2D eigenvalue weighted by molar-refractivity contribution is 6.29. The van der Waals surface area contributed by atoms with Gasteiger partial charge in [0.05, 0.1) is 18.1 Å². The predicted molar refractivity (Wildman–Crippen MR) is 133 cm³/mol. The van der Waals surface area contributed by atoms with Crippen LogP contribution in [0.25, 0.3) is 10.9 Å². The molecule has 34 heavy (non-hydrogen) atoms. The summed E-state index contributed by atoms with van der Waals surface area (Å²) in [4.78, 5) is 22.1. The number of rotatable bonds is 4. The predicted octanol–water partition coefficient (Wildman–Crippen LogP) is 4.96. The molecule has 1 aromatic carbocycles. The van der Waals surface area contributed by atoms with Crippen molar-refractivity contribution >= 4 is 40.0 Å². The number of hydrogen-bond donors (Lipinski definition) is 3. The van der Waals surface area contributed by atoms with E-state index in [9.17, 15) is 9.90 Å². The van der Waals surface area contributed by atoms with Gasteiger partial charge in [0.15, 0.2) is 0 Å². The third-order valence-electron chi connectivity index (χ3n) is 7.02. The minimum absolute atomic E-state index is 0.184. The van der Waals surface area contributed by atoms with Gasteiger partial charge in [-0.05, 0) is 55.7 Å². The number of nitrogens with zero attached hydrogens (tertiary/aromatic N) is 4. The Labute approximate surface area is 201 Å². The lowest BCUT2D eigenvalue weighted by Gasteiger charge is -2.26. The number of benzene rings is 1. The second-order valence-corrected chi connectivity index (χ2v) is 9.51. The number of phenols is 1. The molecule has 1 aliphatic carbocycles. The van der Waals surface area contributed by atoms with Gasteiger partial charge >= 0.3 is 0 Å². The van der Waals surface area contributed by atoms with Gasteiger partial charge in [-0.15, -0.1) is 0 Å². The highest BCUT2D eigenvalue weighted by Gasteiger charge is 2.37. The highest BCUT2D eigenvalue weighted by Crippen LogP contribution is 2.42. The van der Waals surface area contributed by atoms with Crippen molar-refractivity contribution in [1.29, 1.82) is 0 Å². The van der Waals surface area contributed by atoms with Crippen molar-refractivity contribution in [2.45, 2.75) is 51.2 Å². The standard InChI is InChI=1S/C25H25ClN6O2/c1-14-22-21(24(34)30-25-29-18-4-2-3-5-19(18)32(22)25)23(28-16-7-9-17(33)10-8-16)31(14)13-15-6-11-20(26)27-12-15/h6-12,18-19,28,33H,2-5,13H2,1H3,(H,29,30,34). The largest absolute Gasteiger partial charge is 0.508 e. The van der Waals surface area contributed by atoms with E-state index in [-0.39, 0.29) is 17.4 Å². The van der Waals surface area contributed by atoms with E-state index in [0.717, 1.165) is 35.3 Å². The van der Waals surface area contributed by atoms with Gasteiger partial charge in [0.2, 0.25) is 5.95 Å². The molecular formula is C25H25ClN6O2. The molecule has 0 spiro atoms. The van der Waals surface area contributed by atoms with Crippen LogP contribution in [0.2, 0.25) is 5.15 Å². The minimum atomic E-state index is -0.259. The molecular weight excluding hydrogens is 452 g/mol. The summed E-state index contributed by atoms with van der Waals surface area (Å²) in [6.07, 6.45) is 6.26. The van der Waals surface area contributed by atoms with Gasteiger partial charge < -0.3 is 24.9 Å². The van der Waals surface area contributed by atoms with Crippen molar-refractivity contribution in [2.75, 3.05) is 10.6 Å². The summed E-state index contributed by atoms with van der Waals surface area (Å²) in [5.74, 6) is 1.53. The Morgan fingerprint density at radius 3 is 2.74 bits per heavy atom. The Balaban J connectivity index is 1.57. The third-order valence-corrected chi connectivity index (χ3v) is 7.24. The number of nitrogens with one attached hydrogen (secondary N) is 2. The fourth-order valence-electron chi connectivity index (χ4n) is 5.40. The first-order valence-corrected chi connectivity index (χ1v) is 12.0. The van der Waals surface area contributed by atoms with Gasteiger partial charge in [-0.1, -0.05) is 30.5 Å². The second kappa shape index (κ2) is 8.06. The fraction of sp³-hybridized carbons (Fsp3) is 0.320. The van der Waals surface area contributed by atoms with Gasteiger partial charge in [-0.2, -0.15) is 4.98 Å². The van der Waals surface area contributed by atoms with Gasteiger partial charge in [-0.3, -0.25) is 4.79 Å². The molecule has 174 valence electrons. The van der Waals surface area contributed by atoms with Gasteiger partial charge in [-0.25, -0.2) is 4.98 Å². The number of aryl methyl sites for hydroxylation is 1. The van der Waals surface area contributed by atoms with E-state index < -0.39 is 0 Å². The summed E-state index contributed by atoms with van der Waals surface area (Å²) in [7, 11) is 0. The van der Waals surface area contributed by atoms with Crippen LogP contribution < -0.4 is 16.2 Å². The van der Waals surface area contributed by atoms with Crippen molar-refractivity contribution < 1.29 is 5.11 Å². The normalized spacial score (nSPS) is 19.0. The Hall–Kier alpha value is -3.52. The first kappa shape index (κ1) is 21.0. The molecule has 1 aliphatic heterocycles. The van der Waals surface area contributed by atoms with Gasteiger partial charge in [0, 0.05) is 23.6 Å². The molecule has 1 fully saturated rings. The summed E-state index contributed by atoms with van der Waals surface area (Å²) in [5, 5.41) is 17.7. The van der Waals surface area contributed by atoms with Crippen LogP contribution in [0.5, 0.6) is 5.75 Å². The molecule has 3 aromatic heterocycles. The van der Waals surface area contributed by atoms with E-state index in [1.807, 2.05) is 6.07 Å². The summed E-state index contributed by atoms with van der Waals surface area (Å²) in [6.45, 7) is 2.57. The lowest BCUT2D eigenvalue weighted by molar-refractivity contribution is 0.358. The molecule has 4 aromatic rings. The monoisotopic (exact) mass is 476 g/mol. The quantitative estimate of drug-likeness (QED) is 0.284. The molecule has 2 aliphatic rings. The number of hydrogen-bond acceptors (Lipinski definition) is 6. The Morgan fingerprint density at radius 2 is 1.97 bits per heavy atom. The van der Waals surface area contributed by atoms with Gasteiger partial charge in [0.1, 0.15) is 22.1 Å². The maximum atomic E-state index is 13.4. The Bertz CT molecular complexity index is 1440. The molecule has 8 nitrogen and oxygen atoms in total. The van der Waals surface area contributed by atoms with Crippen LogP contribution in [-0.4, -0.2) is 30.3 Å². The Morgan fingerprint density at radius 1 is 1.18 bits per heavy atom. The van der Waals surface area contributed by atoms with Crippen LogP contribution in [0.4, 0.5) is 17.5 Å². The van der Waals surface area contributed by atoms with Crippen molar-refractivity contribution in [2.24, 2.45) is 0 Å². The van der Waals surface area contributed by atoms with Crippen LogP contribution in [-0.2, 0) is 6.54 Å².